The number of primary amides is 1. The molecule has 65 heavy (non-hydrogen) atoms. The largest absolute Gasteiger partial charge is 0.445 e. The number of ketones is 1. The van der Waals surface area contributed by atoms with Gasteiger partial charge in [-0.15, -0.1) is 0 Å². The van der Waals surface area contributed by atoms with Gasteiger partial charge in [0.15, 0.2) is 0 Å². The molecular weight excluding hydrogens is 835 g/mol. The summed E-state index contributed by atoms with van der Waals surface area (Å²) in [5, 5.41) is 13.8. The predicted octanol–water partition coefficient (Wildman–Crippen LogP) is 4.58. The lowest BCUT2D eigenvalue weighted by Gasteiger charge is -2.39. The van der Waals surface area contributed by atoms with Crippen LogP contribution in [-0.2, 0) is 40.1 Å². The van der Waals surface area contributed by atoms with E-state index in [-0.39, 0.29) is 67.3 Å². The van der Waals surface area contributed by atoms with Gasteiger partial charge < -0.3 is 47.7 Å². The lowest BCUT2D eigenvalue weighted by molar-refractivity contribution is -0.141. The van der Waals surface area contributed by atoms with Crippen molar-refractivity contribution in [3.8, 4) is 0 Å². The first-order valence-corrected chi connectivity index (χ1v) is 23.2. The Bertz CT molecular complexity index is 1710. The van der Waals surface area contributed by atoms with E-state index in [0.717, 1.165) is 25.7 Å². The summed E-state index contributed by atoms with van der Waals surface area (Å²) in [4.78, 5) is 107. The first-order valence-electron chi connectivity index (χ1n) is 23.2. The van der Waals surface area contributed by atoms with E-state index < -0.39 is 66.1 Å². The molecule has 7 atom stereocenters. The fourth-order valence-electron chi connectivity index (χ4n) is 7.64. The number of urea groups is 1. The number of Topliss-reactive ketones (excluding diaryl/α,β-unsaturated/α-hetero) is 1. The highest BCUT2D eigenvalue weighted by Crippen LogP contribution is 2.22. The first-order chi connectivity index (χ1) is 30.5. The number of hydrogen-bond donors (Lipinski definition) is 7. The minimum absolute atomic E-state index is 0.0165. The van der Waals surface area contributed by atoms with E-state index in [1.165, 1.54) is 23.8 Å². The molecule has 0 aliphatic rings. The molecule has 368 valence electrons. The number of hydrogen-bond acceptors (Lipinski definition) is 10. The molecule has 1 rings (SSSR count). The Morgan fingerprint density at radius 3 is 1.86 bits per heavy atom. The van der Waals surface area contributed by atoms with Gasteiger partial charge in [0.25, 0.3) is 0 Å². The molecular formula is C47H81N9O9. The summed E-state index contributed by atoms with van der Waals surface area (Å²) < 4.78 is 5.60. The van der Waals surface area contributed by atoms with Crippen molar-refractivity contribution in [2.45, 2.75) is 170 Å². The average Bonchev–Trinajstić information content (AvgIpc) is 3.22. The van der Waals surface area contributed by atoms with Crippen molar-refractivity contribution in [3.63, 3.8) is 0 Å². The highest BCUT2D eigenvalue weighted by atomic mass is 16.6. The van der Waals surface area contributed by atoms with E-state index in [4.69, 9.17) is 16.2 Å². The molecule has 9 N–H and O–H groups in total. The number of benzene rings is 1. The number of unbranched alkanes of at least 4 members (excludes halogenated alkanes) is 3. The van der Waals surface area contributed by atoms with E-state index in [2.05, 4.69) is 33.5 Å². The smallest absolute Gasteiger partial charge is 0.410 e. The Labute approximate surface area is 387 Å². The molecule has 0 saturated carbocycles. The van der Waals surface area contributed by atoms with Crippen LogP contribution in [0.15, 0.2) is 24.3 Å². The fraction of sp³-hybridized carbons (Fsp3) is 0.702. The summed E-state index contributed by atoms with van der Waals surface area (Å²) in [6, 6.07) is 0.945. The van der Waals surface area contributed by atoms with Crippen molar-refractivity contribution in [3.05, 3.63) is 29.8 Å². The molecule has 0 aliphatic heterocycles. The summed E-state index contributed by atoms with van der Waals surface area (Å²) in [6.07, 6.45) is 4.51. The van der Waals surface area contributed by atoms with Gasteiger partial charge in [0.05, 0.1) is 0 Å². The number of rotatable bonds is 29. The zero-order valence-electron chi connectivity index (χ0n) is 41.1. The topological polar surface area (TPSA) is 264 Å². The maximum absolute atomic E-state index is 14.0. The van der Waals surface area contributed by atoms with Gasteiger partial charge in [-0.25, -0.2) is 9.59 Å². The van der Waals surface area contributed by atoms with Crippen LogP contribution in [0.3, 0.4) is 0 Å². The lowest BCUT2D eigenvalue weighted by atomic mass is 9.88. The maximum atomic E-state index is 14.0. The standard InChI is InChI=1S/C47H81N9O9/c1-13-15-16-17-20-37(58)53-38(28(3)4)43(60)52-36(19-18-25-50-46(49)63)42(59)51-34-23-21-33(22-24-34)27-65-47(64)56(12)40(30(7)8)44(61)54-39(29(5)6)45(62)55(11)41(31(9)14-2)35(48)26-32(10)57/h21-24,28-31,35-36,38-41H,13-20,25-27,48H2,1-12H3,(H,51,59)(H,52,60)(H,53,58)(H,54,61)(H3,49,50,63). The summed E-state index contributed by atoms with van der Waals surface area (Å²) in [6.45, 7) is 18.3. The van der Waals surface area contributed by atoms with Crippen molar-refractivity contribution in [2.24, 2.45) is 35.1 Å². The SMILES string of the molecule is CCCCCCC(=O)NC(C(=O)NC(CCCNC(N)=O)C(=O)Nc1ccc(COC(=O)N(C)C(C(=O)NC(C(=O)N(C)C(C(C)CC)C(N)CC(C)=O)C(C)C)C(C)C)cc1)C(C)C. The normalized spacial score (nSPS) is 14.5. The number of anilines is 1. The van der Waals surface area contributed by atoms with Crippen LogP contribution in [0.1, 0.15) is 133 Å². The highest BCUT2D eigenvalue weighted by Gasteiger charge is 2.38. The second-order valence-electron chi connectivity index (χ2n) is 18.3. The van der Waals surface area contributed by atoms with Crippen molar-refractivity contribution < 1.29 is 43.1 Å². The Balaban J connectivity index is 3.08. The minimum Gasteiger partial charge on any atom is -0.445 e. The van der Waals surface area contributed by atoms with Crippen LogP contribution in [0, 0.1) is 23.7 Å². The van der Waals surface area contributed by atoms with Gasteiger partial charge in [-0.1, -0.05) is 100 Å². The van der Waals surface area contributed by atoms with Crippen LogP contribution in [0.5, 0.6) is 0 Å². The lowest BCUT2D eigenvalue weighted by Crippen LogP contribution is -2.60. The van der Waals surface area contributed by atoms with Crippen LogP contribution in [-0.4, -0.2) is 114 Å². The van der Waals surface area contributed by atoms with Crippen molar-refractivity contribution in [1.82, 2.24) is 31.1 Å². The second-order valence-corrected chi connectivity index (χ2v) is 18.3. The molecule has 0 aromatic heterocycles. The number of nitrogens with one attached hydrogen (secondary N) is 5. The van der Waals surface area contributed by atoms with Crippen molar-refractivity contribution in [1.29, 1.82) is 0 Å². The second kappa shape index (κ2) is 29.3. The maximum Gasteiger partial charge on any atom is 0.410 e. The number of nitrogens with two attached hydrogens (primary N) is 2. The van der Waals surface area contributed by atoms with E-state index in [1.54, 1.807) is 59.0 Å². The summed E-state index contributed by atoms with van der Waals surface area (Å²) in [7, 11) is 3.09. The van der Waals surface area contributed by atoms with Crippen LogP contribution < -0.4 is 38.1 Å². The first kappa shape index (κ1) is 57.8. The highest BCUT2D eigenvalue weighted by molar-refractivity contribution is 5.98. The summed E-state index contributed by atoms with van der Waals surface area (Å²) in [5.41, 5.74) is 12.6. The molecule has 18 heteroatoms. The molecule has 1 aromatic carbocycles. The van der Waals surface area contributed by atoms with E-state index in [0.29, 0.717) is 30.5 Å². The van der Waals surface area contributed by atoms with Crippen molar-refractivity contribution in [2.75, 3.05) is 26.0 Å². The van der Waals surface area contributed by atoms with Crippen LogP contribution >= 0.6 is 0 Å². The van der Waals surface area contributed by atoms with Crippen LogP contribution in [0.4, 0.5) is 15.3 Å². The van der Waals surface area contributed by atoms with Gasteiger partial charge in [0.1, 0.15) is 36.6 Å². The number of carbonyl (C=O) groups is 8. The summed E-state index contributed by atoms with van der Waals surface area (Å²) >= 11 is 0. The molecule has 7 unspecified atom stereocenters. The average molecular weight is 916 g/mol. The van der Waals surface area contributed by atoms with Gasteiger partial charge in [-0.2, -0.15) is 0 Å². The molecule has 0 spiro atoms. The molecule has 18 nitrogen and oxygen atoms in total. The molecule has 0 radical (unpaired) electrons. The number of nitrogens with zero attached hydrogens (tertiary/aromatic N) is 2. The van der Waals surface area contributed by atoms with Gasteiger partial charge in [-0.05, 0) is 67.6 Å². The molecule has 0 aliphatic carbocycles. The number of amides is 8. The van der Waals surface area contributed by atoms with E-state index in [1.807, 2.05) is 27.7 Å². The third-order valence-electron chi connectivity index (χ3n) is 11.5. The summed E-state index contributed by atoms with van der Waals surface area (Å²) in [5.74, 6) is -3.20. The van der Waals surface area contributed by atoms with Gasteiger partial charge in [0.2, 0.25) is 29.5 Å². The van der Waals surface area contributed by atoms with Crippen LogP contribution in [0.25, 0.3) is 0 Å². The third-order valence-corrected chi connectivity index (χ3v) is 11.5. The van der Waals surface area contributed by atoms with Gasteiger partial charge >= 0.3 is 12.1 Å². The predicted molar refractivity (Wildman–Crippen MR) is 252 cm³/mol. The van der Waals surface area contributed by atoms with Gasteiger partial charge in [0, 0.05) is 51.3 Å². The molecule has 0 heterocycles. The molecule has 0 fully saturated rings. The number of ether oxygens (including phenoxy) is 1. The Hall–Kier alpha value is -5.26. The molecule has 8 amide bonds. The minimum atomic E-state index is -1.02. The Kier molecular flexibility index (Phi) is 26.0. The van der Waals surface area contributed by atoms with E-state index in [9.17, 15) is 38.4 Å². The molecule has 0 bridgehead atoms. The molecule has 1 aromatic rings. The quantitative estimate of drug-likeness (QED) is 0.0550. The monoisotopic (exact) mass is 916 g/mol. The number of carbonyl (C=O) groups excluding carboxylic acids is 8. The zero-order valence-corrected chi connectivity index (χ0v) is 41.1. The molecule has 0 saturated heterocycles. The Morgan fingerprint density at radius 2 is 1.34 bits per heavy atom. The Morgan fingerprint density at radius 1 is 0.723 bits per heavy atom. The zero-order chi connectivity index (χ0) is 49.6. The van der Waals surface area contributed by atoms with Crippen molar-refractivity contribution >= 4 is 53.1 Å². The van der Waals surface area contributed by atoms with E-state index >= 15 is 0 Å². The third kappa shape index (κ3) is 20.2. The van der Waals surface area contributed by atoms with Crippen LogP contribution in [0.2, 0.25) is 0 Å². The number of likely N-dealkylation sites (N-methyl/N-ethyl adjacent to an activating group) is 2. The fourth-order valence-corrected chi connectivity index (χ4v) is 7.64. The van der Waals surface area contributed by atoms with Gasteiger partial charge in [-0.3, -0.25) is 33.7 Å².